The van der Waals surface area contributed by atoms with Crippen LogP contribution < -0.4 is 11.1 Å². The van der Waals surface area contributed by atoms with Gasteiger partial charge in [-0.2, -0.15) is 4.31 Å². The Morgan fingerprint density at radius 1 is 1.00 bits per heavy atom. The van der Waals surface area contributed by atoms with Crippen molar-refractivity contribution in [2.75, 3.05) is 7.05 Å². The van der Waals surface area contributed by atoms with Crippen LogP contribution in [0.4, 0.5) is 0 Å². The maximum atomic E-state index is 13.7. The summed E-state index contributed by atoms with van der Waals surface area (Å²) < 4.78 is 28.7. The quantitative estimate of drug-likeness (QED) is 0.661. The zero-order chi connectivity index (χ0) is 23.9. The minimum Gasteiger partial charge on any atom is -0.369 e. The van der Waals surface area contributed by atoms with Crippen molar-refractivity contribution in [2.24, 2.45) is 28.9 Å². The van der Waals surface area contributed by atoms with Crippen LogP contribution in [0.5, 0.6) is 0 Å². The van der Waals surface area contributed by atoms with Gasteiger partial charge in [0.1, 0.15) is 5.54 Å². The average molecular weight is 482 g/mol. The lowest BCUT2D eigenvalue weighted by Crippen LogP contribution is -2.64. The highest BCUT2D eigenvalue weighted by atomic mass is 32.2. The van der Waals surface area contributed by atoms with Crippen molar-refractivity contribution >= 4 is 32.6 Å². The standard InChI is InChI=1S/C26H31N3O4S/c1-29(34(32,33)21-8-4-6-17-5-2-3-7-20(17)21)26(9-10-26)24(31)28-22-18-11-16-12-19(22)15-25(13-16,14-18)23(27)30/h2-8,16,18-19,22H,9-15H2,1H3,(H2,27,30)(H,28,31). The summed E-state index contributed by atoms with van der Waals surface area (Å²) in [5, 5.41) is 4.77. The van der Waals surface area contributed by atoms with Gasteiger partial charge in [-0.25, -0.2) is 8.42 Å². The highest BCUT2D eigenvalue weighted by Crippen LogP contribution is 2.60. The molecule has 0 aromatic heterocycles. The van der Waals surface area contributed by atoms with E-state index in [1.807, 2.05) is 24.3 Å². The van der Waals surface area contributed by atoms with Gasteiger partial charge in [0.05, 0.1) is 4.90 Å². The lowest BCUT2D eigenvalue weighted by molar-refractivity contribution is -0.148. The number of amides is 2. The van der Waals surface area contributed by atoms with Crippen molar-refractivity contribution < 1.29 is 18.0 Å². The van der Waals surface area contributed by atoms with Gasteiger partial charge in [-0.3, -0.25) is 9.59 Å². The third-order valence-electron chi connectivity index (χ3n) is 9.23. The van der Waals surface area contributed by atoms with Crippen molar-refractivity contribution in [1.82, 2.24) is 9.62 Å². The molecule has 180 valence electrons. The SMILES string of the molecule is CN(C1(C(=O)NC2C3CC4CC2CC(C(N)=O)(C4)C3)CC1)S(=O)(=O)c1cccc2ccccc12. The van der Waals surface area contributed by atoms with Crippen LogP contribution >= 0.6 is 0 Å². The second kappa shape index (κ2) is 7.28. The molecule has 2 aromatic carbocycles. The minimum absolute atomic E-state index is 0.0114. The van der Waals surface area contributed by atoms with E-state index in [0.29, 0.717) is 24.1 Å². The van der Waals surface area contributed by atoms with E-state index in [9.17, 15) is 18.0 Å². The molecule has 0 radical (unpaired) electrons. The number of rotatable bonds is 6. The predicted molar refractivity (Wildman–Crippen MR) is 128 cm³/mol. The van der Waals surface area contributed by atoms with E-state index in [4.69, 9.17) is 5.73 Å². The number of likely N-dealkylation sites (N-methyl/N-ethyl adjacent to an activating group) is 1. The highest BCUT2D eigenvalue weighted by molar-refractivity contribution is 7.89. The molecule has 0 heterocycles. The Morgan fingerprint density at radius 3 is 2.29 bits per heavy atom. The van der Waals surface area contributed by atoms with Crippen LogP contribution in [0.25, 0.3) is 10.8 Å². The van der Waals surface area contributed by atoms with Crippen LogP contribution in [-0.2, 0) is 19.6 Å². The van der Waals surface area contributed by atoms with Crippen molar-refractivity contribution in [3.05, 3.63) is 42.5 Å². The zero-order valence-electron chi connectivity index (χ0n) is 19.4. The van der Waals surface area contributed by atoms with Crippen LogP contribution in [0.3, 0.4) is 0 Å². The molecule has 5 fully saturated rings. The first-order chi connectivity index (χ1) is 16.2. The van der Waals surface area contributed by atoms with Gasteiger partial charge in [0.15, 0.2) is 0 Å². The van der Waals surface area contributed by atoms with Crippen molar-refractivity contribution in [1.29, 1.82) is 0 Å². The third-order valence-corrected chi connectivity index (χ3v) is 11.2. The molecule has 8 heteroatoms. The van der Waals surface area contributed by atoms with Gasteiger partial charge in [-0.1, -0.05) is 36.4 Å². The highest BCUT2D eigenvalue weighted by Gasteiger charge is 2.61. The molecule has 0 saturated heterocycles. The Bertz CT molecular complexity index is 1280. The number of carbonyl (C=O) groups is 2. The molecule has 3 N–H and O–H groups in total. The van der Waals surface area contributed by atoms with Gasteiger partial charge >= 0.3 is 0 Å². The number of carbonyl (C=O) groups excluding carboxylic acids is 2. The van der Waals surface area contributed by atoms with E-state index in [-0.39, 0.29) is 34.6 Å². The number of fused-ring (bicyclic) bond motifs is 1. The van der Waals surface area contributed by atoms with Crippen molar-refractivity contribution in [2.45, 2.75) is 61.4 Å². The molecule has 5 aliphatic rings. The lowest BCUT2D eigenvalue weighted by Gasteiger charge is -2.59. The first-order valence-electron chi connectivity index (χ1n) is 12.2. The zero-order valence-corrected chi connectivity index (χ0v) is 20.2. The van der Waals surface area contributed by atoms with E-state index in [1.165, 1.54) is 11.4 Å². The fourth-order valence-corrected chi connectivity index (χ4v) is 9.18. The molecular formula is C26H31N3O4S. The molecule has 2 amide bonds. The fourth-order valence-electron chi connectivity index (χ4n) is 7.45. The van der Waals surface area contributed by atoms with Crippen LogP contribution in [-0.4, -0.2) is 43.2 Å². The fraction of sp³-hybridized carbons (Fsp3) is 0.538. The molecule has 2 atom stereocenters. The topological polar surface area (TPSA) is 110 Å². The number of nitrogens with two attached hydrogens (primary N) is 1. The van der Waals surface area contributed by atoms with Gasteiger partial charge < -0.3 is 11.1 Å². The molecule has 2 unspecified atom stereocenters. The number of nitrogens with zero attached hydrogens (tertiary/aromatic N) is 1. The van der Waals surface area contributed by atoms with Gasteiger partial charge in [0.25, 0.3) is 0 Å². The monoisotopic (exact) mass is 481 g/mol. The molecule has 0 spiro atoms. The summed E-state index contributed by atoms with van der Waals surface area (Å²) in [7, 11) is -2.35. The van der Waals surface area contributed by atoms with E-state index < -0.39 is 21.0 Å². The molecule has 7 rings (SSSR count). The molecule has 4 bridgehead atoms. The Kier molecular flexibility index (Phi) is 4.72. The number of nitrogens with one attached hydrogen (secondary N) is 1. The molecule has 5 saturated carbocycles. The number of hydrogen-bond donors (Lipinski definition) is 2. The van der Waals surface area contributed by atoms with Crippen LogP contribution in [0.15, 0.2) is 47.4 Å². The maximum absolute atomic E-state index is 13.7. The Hall–Kier alpha value is -2.45. The first-order valence-corrected chi connectivity index (χ1v) is 13.7. The number of primary amides is 1. The van der Waals surface area contributed by atoms with Gasteiger partial charge in [0, 0.05) is 23.9 Å². The molecule has 0 aliphatic heterocycles. The predicted octanol–water partition coefficient (Wildman–Crippen LogP) is 2.79. The summed E-state index contributed by atoms with van der Waals surface area (Å²) in [6.07, 6.45) is 5.38. The number of hydrogen-bond acceptors (Lipinski definition) is 4. The normalized spacial score (nSPS) is 33.2. The largest absolute Gasteiger partial charge is 0.369 e. The Morgan fingerprint density at radius 2 is 1.65 bits per heavy atom. The minimum atomic E-state index is -3.88. The van der Waals surface area contributed by atoms with E-state index in [2.05, 4.69) is 5.32 Å². The second-order valence-corrected chi connectivity index (χ2v) is 13.0. The van der Waals surface area contributed by atoms with Gasteiger partial charge in [-0.05, 0) is 74.2 Å². The summed E-state index contributed by atoms with van der Waals surface area (Å²) in [6.45, 7) is 0. The molecular weight excluding hydrogens is 450 g/mol. The molecule has 5 aliphatic carbocycles. The van der Waals surface area contributed by atoms with Crippen LogP contribution in [0.1, 0.15) is 44.9 Å². The smallest absolute Gasteiger partial charge is 0.244 e. The Balaban J connectivity index is 1.25. The summed E-state index contributed by atoms with van der Waals surface area (Å²) in [5.74, 6) is 0.570. The van der Waals surface area contributed by atoms with Gasteiger partial charge in [0.2, 0.25) is 21.8 Å². The average Bonchev–Trinajstić information content (AvgIpc) is 3.62. The second-order valence-electron chi connectivity index (χ2n) is 11.1. The summed E-state index contributed by atoms with van der Waals surface area (Å²) >= 11 is 0. The Labute approximate surface area is 200 Å². The van der Waals surface area contributed by atoms with Crippen LogP contribution in [0.2, 0.25) is 0 Å². The van der Waals surface area contributed by atoms with E-state index in [1.54, 1.807) is 18.2 Å². The molecule has 34 heavy (non-hydrogen) atoms. The van der Waals surface area contributed by atoms with Crippen LogP contribution in [0, 0.1) is 23.2 Å². The lowest BCUT2D eigenvalue weighted by atomic mass is 9.47. The van der Waals surface area contributed by atoms with Gasteiger partial charge in [-0.15, -0.1) is 0 Å². The number of sulfonamides is 1. The van der Waals surface area contributed by atoms with Crippen molar-refractivity contribution in [3.63, 3.8) is 0 Å². The number of benzene rings is 2. The first kappa shape index (κ1) is 22.0. The summed E-state index contributed by atoms with van der Waals surface area (Å²) in [6, 6.07) is 12.6. The summed E-state index contributed by atoms with van der Waals surface area (Å²) in [5.41, 5.74) is 4.34. The maximum Gasteiger partial charge on any atom is 0.244 e. The summed E-state index contributed by atoms with van der Waals surface area (Å²) in [4.78, 5) is 26.1. The van der Waals surface area contributed by atoms with Crippen molar-refractivity contribution in [3.8, 4) is 0 Å². The third kappa shape index (κ3) is 3.07. The van der Waals surface area contributed by atoms with E-state index in [0.717, 1.165) is 37.5 Å². The molecule has 7 nitrogen and oxygen atoms in total. The van der Waals surface area contributed by atoms with E-state index >= 15 is 0 Å². The molecule has 2 aromatic rings.